The highest BCUT2D eigenvalue weighted by Gasteiger charge is 2.15. The van der Waals surface area contributed by atoms with Gasteiger partial charge in [-0.3, -0.25) is 20.4 Å². The molecule has 6 heteroatoms. The molecule has 0 spiro atoms. The highest BCUT2D eigenvalue weighted by Crippen LogP contribution is 2.10. The van der Waals surface area contributed by atoms with E-state index in [0.717, 1.165) is 0 Å². The number of hydrogen-bond donors (Lipinski definition) is 2. The van der Waals surface area contributed by atoms with Gasteiger partial charge in [0.25, 0.3) is 11.8 Å². The van der Waals surface area contributed by atoms with Crippen molar-refractivity contribution in [2.24, 2.45) is 0 Å². The summed E-state index contributed by atoms with van der Waals surface area (Å²) in [7, 11) is 0. The molecule has 0 fully saturated rings. The number of nitrogens with one attached hydrogen (secondary N) is 2. The number of hydrogen-bond acceptors (Lipinski definition) is 4. The highest BCUT2D eigenvalue weighted by atomic mass is 16.5. The minimum Gasteiger partial charge on any atom is -0.481 e. The molecule has 1 rings (SSSR count). The Hall–Kier alpha value is -2.08. The van der Waals surface area contributed by atoms with Crippen LogP contribution in [0.1, 0.15) is 13.8 Å². The zero-order chi connectivity index (χ0) is 14.1. The number of rotatable bonds is 6. The predicted molar refractivity (Wildman–Crippen MR) is 69.3 cm³/mol. The van der Waals surface area contributed by atoms with E-state index in [9.17, 15) is 9.59 Å². The summed E-state index contributed by atoms with van der Waals surface area (Å²) < 4.78 is 10.3. The molecule has 2 N–H and O–H groups in total. The summed E-state index contributed by atoms with van der Waals surface area (Å²) >= 11 is 0. The molecule has 0 aliphatic heterocycles. The van der Waals surface area contributed by atoms with Crippen LogP contribution in [0.4, 0.5) is 0 Å². The molecule has 1 aromatic carbocycles. The first-order valence-corrected chi connectivity index (χ1v) is 6.01. The van der Waals surface area contributed by atoms with Crippen LogP contribution in [0, 0.1) is 0 Å². The minimum atomic E-state index is -0.713. The van der Waals surface area contributed by atoms with E-state index >= 15 is 0 Å². The second kappa shape index (κ2) is 8.10. The average molecular weight is 266 g/mol. The van der Waals surface area contributed by atoms with Crippen molar-refractivity contribution in [3.8, 4) is 5.75 Å². The summed E-state index contributed by atoms with van der Waals surface area (Å²) in [5.41, 5.74) is 4.51. The van der Waals surface area contributed by atoms with Gasteiger partial charge in [-0.2, -0.15) is 0 Å². The third-order valence-electron chi connectivity index (χ3n) is 2.19. The number of carbonyl (C=O) groups is 2. The van der Waals surface area contributed by atoms with Gasteiger partial charge in [-0.25, -0.2) is 0 Å². The molecule has 1 aromatic rings. The Kier molecular flexibility index (Phi) is 6.38. The van der Waals surface area contributed by atoms with E-state index in [1.165, 1.54) is 0 Å². The van der Waals surface area contributed by atoms with E-state index < -0.39 is 17.9 Å². The van der Waals surface area contributed by atoms with E-state index in [1.54, 1.807) is 26.0 Å². The molecule has 0 aliphatic carbocycles. The number of carbonyl (C=O) groups excluding carboxylic acids is 2. The molecular weight excluding hydrogens is 248 g/mol. The Morgan fingerprint density at radius 2 is 1.89 bits per heavy atom. The number of para-hydroxylation sites is 1. The van der Waals surface area contributed by atoms with Crippen LogP contribution in [0.3, 0.4) is 0 Å². The Morgan fingerprint density at radius 3 is 2.53 bits per heavy atom. The van der Waals surface area contributed by atoms with E-state index in [2.05, 4.69) is 10.9 Å². The second-order valence-electron chi connectivity index (χ2n) is 3.75. The van der Waals surface area contributed by atoms with Crippen LogP contribution in [-0.4, -0.2) is 31.1 Å². The highest BCUT2D eigenvalue weighted by molar-refractivity contribution is 5.84. The summed E-state index contributed by atoms with van der Waals surface area (Å²) in [6.07, 6.45) is -0.713. The van der Waals surface area contributed by atoms with Crippen LogP contribution < -0.4 is 15.6 Å². The second-order valence-corrected chi connectivity index (χ2v) is 3.75. The fraction of sp³-hybridized carbons (Fsp3) is 0.385. The number of hydrazine groups is 1. The maximum Gasteiger partial charge on any atom is 0.279 e. The molecule has 0 aromatic heterocycles. The normalized spacial score (nSPS) is 11.5. The van der Waals surface area contributed by atoms with Crippen molar-refractivity contribution in [3.63, 3.8) is 0 Å². The van der Waals surface area contributed by atoms with E-state index in [0.29, 0.717) is 12.4 Å². The summed E-state index contributed by atoms with van der Waals surface area (Å²) in [4.78, 5) is 22.8. The van der Waals surface area contributed by atoms with Gasteiger partial charge in [0.2, 0.25) is 0 Å². The maximum atomic E-state index is 11.6. The topological polar surface area (TPSA) is 76.7 Å². The minimum absolute atomic E-state index is 0.0926. The molecule has 19 heavy (non-hydrogen) atoms. The van der Waals surface area contributed by atoms with Gasteiger partial charge in [0, 0.05) is 6.61 Å². The largest absolute Gasteiger partial charge is 0.481 e. The summed E-state index contributed by atoms with van der Waals surface area (Å²) in [6.45, 7) is 3.72. The van der Waals surface area contributed by atoms with Crippen molar-refractivity contribution < 1.29 is 19.1 Å². The zero-order valence-electron chi connectivity index (χ0n) is 11.0. The van der Waals surface area contributed by atoms with Crippen molar-refractivity contribution in [1.29, 1.82) is 0 Å². The first-order valence-electron chi connectivity index (χ1n) is 6.01. The first kappa shape index (κ1) is 15.0. The first-order chi connectivity index (χ1) is 9.13. The fourth-order valence-electron chi connectivity index (χ4n) is 1.22. The van der Waals surface area contributed by atoms with Crippen molar-refractivity contribution in [3.05, 3.63) is 30.3 Å². The lowest BCUT2D eigenvalue weighted by molar-refractivity contribution is -0.134. The van der Waals surface area contributed by atoms with E-state index in [1.807, 2.05) is 18.2 Å². The standard InChI is InChI=1S/C13H18N2O4/c1-3-18-9-12(16)14-15-13(17)10(2)19-11-7-5-4-6-8-11/h4-8,10H,3,9H2,1-2H3,(H,14,16)(H,15,17). The molecular formula is C13H18N2O4. The Morgan fingerprint density at radius 1 is 1.21 bits per heavy atom. The molecule has 0 heterocycles. The number of amides is 2. The monoisotopic (exact) mass is 266 g/mol. The Balaban J connectivity index is 2.31. The number of ether oxygens (including phenoxy) is 2. The van der Waals surface area contributed by atoms with Gasteiger partial charge in [-0.15, -0.1) is 0 Å². The lowest BCUT2D eigenvalue weighted by Crippen LogP contribution is -2.48. The average Bonchev–Trinajstić information content (AvgIpc) is 2.43. The van der Waals surface area contributed by atoms with Crippen LogP contribution >= 0.6 is 0 Å². The molecule has 2 amide bonds. The van der Waals surface area contributed by atoms with Crippen molar-refractivity contribution in [2.45, 2.75) is 20.0 Å². The van der Waals surface area contributed by atoms with Gasteiger partial charge >= 0.3 is 0 Å². The SMILES string of the molecule is CCOCC(=O)NNC(=O)C(C)Oc1ccccc1. The van der Waals surface area contributed by atoms with Gasteiger partial charge in [0.1, 0.15) is 12.4 Å². The third-order valence-corrected chi connectivity index (χ3v) is 2.19. The lowest BCUT2D eigenvalue weighted by Gasteiger charge is -2.15. The Labute approximate surface area is 112 Å². The fourth-order valence-corrected chi connectivity index (χ4v) is 1.22. The number of benzene rings is 1. The molecule has 1 atom stereocenters. The molecule has 6 nitrogen and oxygen atoms in total. The van der Waals surface area contributed by atoms with Crippen LogP contribution in [0.15, 0.2) is 30.3 Å². The third kappa shape index (κ3) is 5.87. The van der Waals surface area contributed by atoms with Gasteiger partial charge < -0.3 is 9.47 Å². The Bertz CT molecular complexity index is 408. The molecule has 104 valence electrons. The molecule has 0 radical (unpaired) electrons. The van der Waals surface area contributed by atoms with Crippen molar-refractivity contribution >= 4 is 11.8 Å². The lowest BCUT2D eigenvalue weighted by atomic mass is 10.3. The zero-order valence-corrected chi connectivity index (χ0v) is 11.0. The predicted octanol–water partition coefficient (Wildman–Crippen LogP) is 0.638. The molecule has 0 aliphatic rings. The van der Waals surface area contributed by atoms with Crippen LogP contribution in [0.5, 0.6) is 5.75 Å². The molecule has 0 saturated heterocycles. The van der Waals surface area contributed by atoms with E-state index in [-0.39, 0.29) is 6.61 Å². The van der Waals surface area contributed by atoms with Gasteiger partial charge in [0.05, 0.1) is 0 Å². The summed E-state index contributed by atoms with van der Waals surface area (Å²) in [6, 6.07) is 8.97. The van der Waals surface area contributed by atoms with Crippen LogP contribution in [0.25, 0.3) is 0 Å². The molecule has 1 unspecified atom stereocenters. The summed E-state index contributed by atoms with van der Waals surface area (Å²) in [5.74, 6) is -0.262. The smallest absolute Gasteiger partial charge is 0.279 e. The van der Waals surface area contributed by atoms with Gasteiger partial charge in [-0.1, -0.05) is 18.2 Å². The molecule has 0 saturated carbocycles. The van der Waals surface area contributed by atoms with Crippen molar-refractivity contribution in [1.82, 2.24) is 10.9 Å². The maximum absolute atomic E-state index is 11.6. The van der Waals surface area contributed by atoms with Gasteiger partial charge in [0.15, 0.2) is 6.10 Å². The summed E-state index contributed by atoms with van der Waals surface area (Å²) in [5, 5.41) is 0. The van der Waals surface area contributed by atoms with Crippen LogP contribution in [-0.2, 0) is 14.3 Å². The van der Waals surface area contributed by atoms with Crippen LogP contribution in [0.2, 0.25) is 0 Å². The van der Waals surface area contributed by atoms with E-state index in [4.69, 9.17) is 9.47 Å². The molecule has 0 bridgehead atoms. The van der Waals surface area contributed by atoms with Gasteiger partial charge in [-0.05, 0) is 26.0 Å². The van der Waals surface area contributed by atoms with Crippen molar-refractivity contribution in [2.75, 3.05) is 13.2 Å². The quantitative estimate of drug-likeness (QED) is 0.741.